The molecule has 1 aliphatic heterocycles. The first-order valence-electron chi connectivity index (χ1n) is 4.07. The van der Waals surface area contributed by atoms with Crippen molar-refractivity contribution in [3.63, 3.8) is 0 Å². The minimum Gasteiger partial charge on any atom is -0.461 e. The Morgan fingerprint density at radius 3 is 2.87 bits per heavy atom. The largest absolute Gasteiger partial charge is 0.461 e. The van der Waals surface area contributed by atoms with Crippen molar-refractivity contribution in [3.8, 4) is 0 Å². The molecule has 2 heterocycles. The molecule has 0 unspecified atom stereocenters. The molecule has 78 valence electrons. The molecule has 2 rings (SSSR count). The molecule has 15 heavy (non-hydrogen) atoms. The van der Waals surface area contributed by atoms with Crippen LogP contribution in [0.2, 0.25) is 0 Å². The number of amides is 1. The molecule has 1 aromatic rings. The highest BCUT2D eigenvalue weighted by Gasteiger charge is 2.22. The van der Waals surface area contributed by atoms with Gasteiger partial charge in [-0.05, 0) is 28.9 Å². The number of aryl methyl sites for hydroxylation is 1. The molecule has 0 radical (unpaired) electrons. The highest BCUT2D eigenvalue weighted by atomic mass is 79.9. The smallest absolute Gasteiger partial charge is 0.263 e. The van der Waals surface area contributed by atoms with Crippen LogP contribution >= 0.6 is 39.9 Å². The molecule has 0 bridgehead atoms. The molecular formula is C9H6BrNO2S2. The van der Waals surface area contributed by atoms with Crippen LogP contribution in [0.5, 0.6) is 0 Å². The van der Waals surface area contributed by atoms with E-state index in [0.717, 1.165) is 10.2 Å². The van der Waals surface area contributed by atoms with Crippen LogP contribution < -0.4 is 5.32 Å². The zero-order valence-electron chi connectivity index (χ0n) is 7.67. The summed E-state index contributed by atoms with van der Waals surface area (Å²) >= 11 is 9.45. The van der Waals surface area contributed by atoms with E-state index in [1.807, 2.05) is 13.0 Å². The van der Waals surface area contributed by atoms with Gasteiger partial charge in [0.25, 0.3) is 5.91 Å². The fraction of sp³-hybridized carbons (Fsp3) is 0.111. The van der Waals surface area contributed by atoms with Gasteiger partial charge in [-0.1, -0.05) is 24.0 Å². The number of nitrogens with one attached hydrogen (secondary N) is 1. The van der Waals surface area contributed by atoms with Crippen molar-refractivity contribution in [1.29, 1.82) is 0 Å². The number of hydrogen-bond acceptors (Lipinski definition) is 4. The number of furan rings is 1. The van der Waals surface area contributed by atoms with E-state index in [-0.39, 0.29) is 5.91 Å². The summed E-state index contributed by atoms with van der Waals surface area (Å²) in [6, 6.07) is 1.82. The maximum absolute atomic E-state index is 11.3. The number of carbonyl (C=O) groups is 1. The number of rotatable bonds is 1. The molecule has 0 aromatic carbocycles. The van der Waals surface area contributed by atoms with E-state index < -0.39 is 0 Å². The van der Waals surface area contributed by atoms with E-state index in [2.05, 4.69) is 21.2 Å². The third kappa shape index (κ3) is 2.32. The van der Waals surface area contributed by atoms with E-state index in [0.29, 0.717) is 15.0 Å². The Kier molecular flexibility index (Phi) is 2.99. The summed E-state index contributed by atoms with van der Waals surface area (Å²) in [5.74, 6) is 1.25. The summed E-state index contributed by atoms with van der Waals surface area (Å²) in [5, 5.41) is 2.54. The fourth-order valence-corrected chi connectivity index (χ4v) is 2.43. The van der Waals surface area contributed by atoms with Crippen LogP contribution in [0.25, 0.3) is 6.08 Å². The van der Waals surface area contributed by atoms with E-state index in [4.69, 9.17) is 16.6 Å². The zero-order valence-corrected chi connectivity index (χ0v) is 10.9. The predicted molar refractivity (Wildman–Crippen MR) is 67.5 cm³/mol. The van der Waals surface area contributed by atoms with Crippen LogP contribution in [-0.4, -0.2) is 10.2 Å². The van der Waals surface area contributed by atoms with Gasteiger partial charge in [0, 0.05) is 6.08 Å². The molecule has 1 aliphatic rings. The lowest BCUT2D eigenvalue weighted by Gasteiger charge is -1.88. The molecule has 6 heteroatoms. The topological polar surface area (TPSA) is 42.2 Å². The molecule has 0 aliphatic carbocycles. The van der Waals surface area contributed by atoms with Crippen molar-refractivity contribution in [1.82, 2.24) is 5.32 Å². The summed E-state index contributed by atoms with van der Waals surface area (Å²) in [6.07, 6.45) is 1.68. The Balaban J connectivity index is 2.30. The summed E-state index contributed by atoms with van der Waals surface area (Å²) in [7, 11) is 0. The molecule has 3 nitrogen and oxygen atoms in total. The fourth-order valence-electron chi connectivity index (χ4n) is 1.10. The standard InChI is InChI=1S/C9H6BrNO2S2/c1-4-6(10)2-5(13-4)3-7-8(12)11-9(14)15-7/h2-3H,1H3,(H,11,12,14)/b7-3-. The molecule has 1 saturated heterocycles. The van der Waals surface area contributed by atoms with Gasteiger partial charge in [0.05, 0.1) is 9.38 Å². The molecule has 1 aromatic heterocycles. The Morgan fingerprint density at radius 2 is 2.40 bits per heavy atom. The predicted octanol–water partition coefficient (Wildman–Crippen LogP) is 2.84. The first-order valence-corrected chi connectivity index (χ1v) is 6.09. The van der Waals surface area contributed by atoms with Gasteiger partial charge in [-0.25, -0.2) is 0 Å². The van der Waals surface area contributed by atoms with Gasteiger partial charge < -0.3 is 9.73 Å². The SMILES string of the molecule is Cc1oc(/C=C2\SC(=S)NC2=O)cc1Br. The van der Waals surface area contributed by atoms with Crippen molar-refractivity contribution < 1.29 is 9.21 Å². The maximum atomic E-state index is 11.3. The minimum absolute atomic E-state index is 0.171. The second-order valence-electron chi connectivity index (χ2n) is 2.91. The van der Waals surface area contributed by atoms with E-state index >= 15 is 0 Å². The van der Waals surface area contributed by atoms with Crippen molar-refractivity contribution in [3.05, 3.63) is 27.0 Å². The van der Waals surface area contributed by atoms with Crippen LogP contribution in [0, 0.1) is 6.92 Å². The summed E-state index contributed by atoms with van der Waals surface area (Å²) in [6.45, 7) is 1.85. The van der Waals surface area contributed by atoms with E-state index in [1.54, 1.807) is 6.08 Å². The summed E-state index contributed by atoms with van der Waals surface area (Å²) < 4.78 is 6.77. The van der Waals surface area contributed by atoms with Crippen LogP contribution in [0.1, 0.15) is 11.5 Å². The van der Waals surface area contributed by atoms with Gasteiger partial charge >= 0.3 is 0 Å². The Labute approximate surface area is 104 Å². The van der Waals surface area contributed by atoms with Gasteiger partial charge in [0.2, 0.25) is 0 Å². The normalized spacial score (nSPS) is 18.7. The zero-order chi connectivity index (χ0) is 11.0. The van der Waals surface area contributed by atoms with Crippen LogP contribution in [0.3, 0.4) is 0 Å². The molecule has 0 atom stereocenters. The highest BCUT2D eigenvalue weighted by Crippen LogP contribution is 2.28. The number of thiocarbonyl (C=S) groups is 1. The molecule has 0 saturated carbocycles. The van der Waals surface area contributed by atoms with Gasteiger partial charge in [-0.15, -0.1) is 0 Å². The average Bonchev–Trinajstić information content (AvgIpc) is 2.59. The van der Waals surface area contributed by atoms with E-state index in [1.165, 1.54) is 11.8 Å². The average molecular weight is 304 g/mol. The lowest BCUT2D eigenvalue weighted by molar-refractivity contribution is -0.115. The van der Waals surface area contributed by atoms with Crippen molar-refractivity contribution in [2.45, 2.75) is 6.92 Å². The monoisotopic (exact) mass is 303 g/mol. The lowest BCUT2D eigenvalue weighted by Crippen LogP contribution is -2.17. The summed E-state index contributed by atoms with van der Waals surface area (Å²) in [5.41, 5.74) is 0. The third-order valence-electron chi connectivity index (χ3n) is 1.79. The Bertz CT molecular complexity index is 459. The Hall–Kier alpha value is -0.590. The maximum Gasteiger partial charge on any atom is 0.263 e. The van der Waals surface area contributed by atoms with Gasteiger partial charge in [-0.2, -0.15) is 0 Å². The molecule has 1 N–H and O–H groups in total. The van der Waals surface area contributed by atoms with Crippen molar-refractivity contribution in [2.24, 2.45) is 0 Å². The molecular weight excluding hydrogens is 298 g/mol. The van der Waals surface area contributed by atoms with Gasteiger partial charge in [-0.3, -0.25) is 4.79 Å². The van der Waals surface area contributed by atoms with Crippen LogP contribution in [0.15, 0.2) is 19.9 Å². The van der Waals surface area contributed by atoms with E-state index in [9.17, 15) is 4.79 Å². The van der Waals surface area contributed by atoms with Crippen molar-refractivity contribution in [2.75, 3.05) is 0 Å². The number of carbonyl (C=O) groups excluding carboxylic acids is 1. The van der Waals surface area contributed by atoms with Gasteiger partial charge in [0.1, 0.15) is 15.8 Å². The molecule has 0 spiro atoms. The number of thioether (sulfide) groups is 1. The quantitative estimate of drug-likeness (QED) is 0.640. The lowest BCUT2D eigenvalue weighted by atomic mass is 10.4. The minimum atomic E-state index is -0.171. The molecule has 1 amide bonds. The van der Waals surface area contributed by atoms with Crippen molar-refractivity contribution >= 4 is 56.2 Å². The number of hydrogen-bond donors (Lipinski definition) is 1. The second-order valence-corrected chi connectivity index (χ2v) is 5.48. The molecule has 1 fully saturated rings. The van der Waals surface area contributed by atoms with Crippen LogP contribution in [0.4, 0.5) is 0 Å². The Morgan fingerprint density at radius 1 is 1.67 bits per heavy atom. The first-order chi connectivity index (χ1) is 7.06. The first kappa shape index (κ1) is 10.9. The summed E-state index contributed by atoms with van der Waals surface area (Å²) in [4.78, 5) is 11.9. The van der Waals surface area contributed by atoms with Gasteiger partial charge in [0.15, 0.2) is 0 Å². The highest BCUT2D eigenvalue weighted by molar-refractivity contribution is 9.10. The third-order valence-corrected chi connectivity index (χ3v) is 3.74. The van der Waals surface area contributed by atoms with Crippen LogP contribution in [-0.2, 0) is 4.79 Å². The second kappa shape index (κ2) is 4.11. The number of halogens is 1.